The molecular formula is C63H44N4. The summed E-state index contributed by atoms with van der Waals surface area (Å²) in [4.78, 5) is 10.7. The van der Waals surface area contributed by atoms with Crippen LogP contribution < -0.4 is 0 Å². The van der Waals surface area contributed by atoms with Crippen molar-refractivity contribution >= 4 is 98.2 Å². The highest BCUT2D eigenvalue weighted by atomic mass is 15.0. The van der Waals surface area contributed by atoms with Crippen LogP contribution in [-0.4, -0.2) is 20.7 Å². The number of hydrogen-bond donors (Lipinski definition) is 0. The van der Waals surface area contributed by atoms with Crippen LogP contribution in [0, 0.1) is 0 Å². The van der Waals surface area contributed by atoms with Crippen molar-refractivity contribution in [2.75, 3.05) is 0 Å². The molecule has 2 heterocycles. The molecule has 2 aromatic heterocycles. The molecule has 0 spiro atoms. The SMILES string of the molecule is CC(=NC(=N[C@H](C)c1ccccc1)c1ccc2ccccc2c1)c1ccc(-n2c3ccccc3c3cc4c5c6ccccc6ccc5n(-c5ccc6ccccc6c5)c4cc32)c2ccccc12. The van der Waals surface area contributed by atoms with E-state index in [1.54, 1.807) is 0 Å². The van der Waals surface area contributed by atoms with Crippen molar-refractivity contribution in [2.24, 2.45) is 9.98 Å². The molecule has 0 radical (unpaired) electrons. The van der Waals surface area contributed by atoms with Gasteiger partial charge in [-0.1, -0.05) is 176 Å². The van der Waals surface area contributed by atoms with Gasteiger partial charge in [-0.15, -0.1) is 0 Å². The Bertz CT molecular complexity index is 4190. The van der Waals surface area contributed by atoms with E-state index in [0.717, 1.165) is 55.5 Å². The van der Waals surface area contributed by atoms with Crippen LogP contribution in [0.2, 0.25) is 0 Å². The number of nitrogens with zero attached hydrogens (tertiary/aromatic N) is 4. The summed E-state index contributed by atoms with van der Waals surface area (Å²) in [6, 6.07) is 81.3. The molecule has 316 valence electrons. The molecule has 0 unspecified atom stereocenters. The Morgan fingerprint density at radius 2 is 1.01 bits per heavy atom. The van der Waals surface area contributed by atoms with Crippen LogP contribution in [0.4, 0.5) is 0 Å². The second kappa shape index (κ2) is 15.5. The summed E-state index contributed by atoms with van der Waals surface area (Å²) in [5, 5.41) is 14.6. The number of hydrogen-bond acceptors (Lipinski definition) is 1. The zero-order valence-electron chi connectivity index (χ0n) is 37.2. The summed E-state index contributed by atoms with van der Waals surface area (Å²) in [7, 11) is 0. The molecule has 0 aliphatic rings. The van der Waals surface area contributed by atoms with Crippen LogP contribution in [-0.2, 0) is 0 Å². The fourth-order valence-electron chi connectivity index (χ4n) is 10.6. The molecule has 67 heavy (non-hydrogen) atoms. The lowest BCUT2D eigenvalue weighted by molar-refractivity contribution is 0.818. The maximum absolute atomic E-state index is 5.42. The summed E-state index contributed by atoms with van der Waals surface area (Å²) in [6.07, 6.45) is 0. The van der Waals surface area contributed by atoms with Gasteiger partial charge >= 0.3 is 0 Å². The lowest BCUT2D eigenvalue weighted by Crippen LogP contribution is -2.07. The van der Waals surface area contributed by atoms with E-state index in [2.05, 4.69) is 247 Å². The van der Waals surface area contributed by atoms with E-state index in [4.69, 9.17) is 9.98 Å². The first-order chi connectivity index (χ1) is 33.1. The molecule has 0 fully saturated rings. The van der Waals surface area contributed by atoms with Gasteiger partial charge in [-0.25, -0.2) is 4.99 Å². The van der Waals surface area contributed by atoms with Crippen LogP contribution in [0.3, 0.4) is 0 Å². The fourth-order valence-corrected chi connectivity index (χ4v) is 10.6. The number of rotatable bonds is 6. The van der Waals surface area contributed by atoms with Gasteiger partial charge in [0.25, 0.3) is 0 Å². The van der Waals surface area contributed by atoms with E-state index >= 15 is 0 Å². The van der Waals surface area contributed by atoms with E-state index in [9.17, 15) is 0 Å². The Labute approximate surface area is 388 Å². The van der Waals surface area contributed by atoms with Crippen LogP contribution in [0.5, 0.6) is 0 Å². The fraction of sp³-hybridized carbons (Fsp3) is 0.0476. The molecule has 0 saturated heterocycles. The van der Waals surface area contributed by atoms with Crippen molar-refractivity contribution in [3.8, 4) is 11.4 Å². The predicted molar refractivity (Wildman–Crippen MR) is 285 cm³/mol. The minimum atomic E-state index is -0.0845. The van der Waals surface area contributed by atoms with E-state index in [1.807, 2.05) is 0 Å². The van der Waals surface area contributed by atoms with Crippen LogP contribution in [0.25, 0.3) is 98.1 Å². The average molecular weight is 857 g/mol. The molecule has 0 amide bonds. The number of benzene rings is 11. The van der Waals surface area contributed by atoms with Crippen molar-refractivity contribution in [1.29, 1.82) is 0 Å². The van der Waals surface area contributed by atoms with Gasteiger partial charge in [0, 0.05) is 49.5 Å². The van der Waals surface area contributed by atoms with Gasteiger partial charge in [-0.3, -0.25) is 4.99 Å². The summed E-state index contributed by atoms with van der Waals surface area (Å²) >= 11 is 0. The standard InChI is InChI=1S/C63H44N4/c1-40(42-16-4-3-5-17-42)64-63(48-29-28-43-18-6-8-21-46(43)36-48)65-41(2)50-33-35-58(53-25-13-12-24-52(50)53)67-57-27-15-14-26-54(57)55-38-56-61(39-60(55)67)66(49-32-30-44-19-7-9-22-47(44)37-49)59-34-31-45-20-10-11-23-51(45)62(56)59/h3-40H,1-2H3/t40-/m1/s1. The van der Waals surface area contributed by atoms with Crippen LogP contribution >= 0.6 is 0 Å². The van der Waals surface area contributed by atoms with Crippen LogP contribution in [0.15, 0.2) is 234 Å². The topological polar surface area (TPSA) is 34.6 Å². The number of para-hydroxylation sites is 1. The zero-order chi connectivity index (χ0) is 44.6. The highest BCUT2D eigenvalue weighted by molar-refractivity contribution is 6.26. The minimum absolute atomic E-state index is 0.0845. The quantitative estimate of drug-likeness (QED) is 0.118. The summed E-state index contributed by atoms with van der Waals surface area (Å²) in [5.41, 5.74) is 11.1. The monoisotopic (exact) mass is 856 g/mol. The highest BCUT2D eigenvalue weighted by Crippen LogP contribution is 2.43. The van der Waals surface area contributed by atoms with Gasteiger partial charge in [0.2, 0.25) is 0 Å². The second-order valence-corrected chi connectivity index (χ2v) is 17.8. The van der Waals surface area contributed by atoms with E-state index < -0.39 is 0 Å². The second-order valence-electron chi connectivity index (χ2n) is 17.8. The summed E-state index contributed by atoms with van der Waals surface area (Å²) in [5.74, 6) is 0.716. The Morgan fingerprint density at radius 3 is 1.81 bits per heavy atom. The van der Waals surface area contributed by atoms with E-state index in [-0.39, 0.29) is 6.04 Å². The van der Waals surface area contributed by atoms with Crippen molar-refractivity contribution in [2.45, 2.75) is 19.9 Å². The maximum atomic E-state index is 5.42. The molecule has 0 bridgehead atoms. The molecular weight excluding hydrogens is 813 g/mol. The number of fused-ring (bicyclic) bond motifs is 11. The molecule has 0 N–H and O–H groups in total. The Hall–Kier alpha value is -8.60. The minimum Gasteiger partial charge on any atom is -0.309 e. The van der Waals surface area contributed by atoms with Crippen molar-refractivity contribution in [3.63, 3.8) is 0 Å². The zero-order valence-corrected chi connectivity index (χ0v) is 37.2. The Balaban J connectivity index is 1.03. The van der Waals surface area contributed by atoms with Gasteiger partial charge in [0.05, 0.1) is 33.8 Å². The molecule has 0 aliphatic carbocycles. The Morgan fingerprint density at radius 1 is 0.403 bits per heavy atom. The lowest BCUT2D eigenvalue weighted by Gasteiger charge is -2.16. The van der Waals surface area contributed by atoms with Crippen LogP contribution in [0.1, 0.15) is 36.6 Å². The molecule has 1 atom stereocenters. The molecule has 0 aliphatic heterocycles. The highest BCUT2D eigenvalue weighted by Gasteiger charge is 2.22. The third-order valence-electron chi connectivity index (χ3n) is 13.9. The number of amidine groups is 1. The summed E-state index contributed by atoms with van der Waals surface area (Å²) in [6.45, 7) is 4.27. The molecule has 4 nitrogen and oxygen atoms in total. The van der Waals surface area contributed by atoms with Crippen molar-refractivity contribution in [3.05, 3.63) is 241 Å². The van der Waals surface area contributed by atoms with E-state index in [0.29, 0.717) is 5.84 Å². The van der Waals surface area contributed by atoms with Gasteiger partial charge < -0.3 is 9.13 Å². The van der Waals surface area contributed by atoms with Crippen molar-refractivity contribution < 1.29 is 0 Å². The normalized spacial score (nSPS) is 13.0. The molecule has 4 heteroatoms. The predicted octanol–water partition coefficient (Wildman–Crippen LogP) is 16.5. The van der Waals surface area contributed by atoms with Crippen molar-refractivity contribution in [1.82, 2.24) is 9.13 Å². The maximum Gasteiger partial charge on any atom is 0.155 e. The third-order valence-corrected chi connectivity index (χ3v) is 13.9. The number of aromatic nitrogens is 2. The smallest absolute Gasteiger partial charge is 0.155 e. The Kier molecular flexibility index (Phi) is 9.00. The summed E-state index contributed by atoms with van der Waals surface area (Å²) < 4.78 is 4.95. The first kappa shape index (κ1) is 38.8. The first-order valence-electron chi connectivity index (χ1n) is 23.1. The van der Waals surface area contributed by atoms with Gasteiger partial charge in [0.15, 0.2) is 5.84 Å². The number of aliphatic imine (C=N–C) groups is 2. The molecule has 0 saturated carbocycles. The lowest BCUT2D eigenvalue weighted by atomic mass is 9.99. The molecule has 13 aromatic rings. The molecule has 13 rings (SSSR count). The largest absolute Gasteiger partial charge is 0.309 e. The van der Waals surface area contributed by atoms with Gasteiger partial charge in [-0.2, -0.15) is 0 Å². The average Bonchev–Trinajstić information content (AvgIpc) is 3.89. The third kappa shape index (κ3) is 6.36. The van der Waals surface area contributed by atoms with Gasteiger partial charge in [-0.05, 0) is 106 Å². The van der Waals surface area contributed by atoms with Gasteiger partial charge in [0.1, 0.15) is 0 Å². The van der Waals surface area contributed by atoms with E-state index in [1.165, 1.54) is 65.0 Å². The first-order valence-corrected chi connectivity index (χ1v) is 23.1. The molecule has 11 aromatic carbocycles.